The lowest BCUT2D eigenvalue weighted by atomic mass is 9.87. The fraction of sp³-hybridized carbons (Fsp3) is 0.323. The molecule has 4 aromatic rings. The predicted molar refractivity (Wildman–Crippen MR) is 148 cm³/mol. The Kier molecular flexibility index (Phi) is 6.89. The van der Waals surface area contributed by atoms with Gasteiger partial charge in [-0.3, -0.25) is 4.90 Å². The highest BCUT2D eigenvalue weighted by atomic mass is 16.5. The second kappa shape index (κ2) is 10.6. The van der Waals surface area contributed by atoms with E-state index in [1.807, 2.05) is 30.3 Å². The quantitative estimate of drug-likeness (QED) is 0.385. The normalized spacial score (nSPS) is 20.0. The summed E-state index contributed by atoms with van der Waals surface area (Å²) >= 11 is 0. The number of hydrogen-bond donors (Lipinski definition) is 1. The van der Waals surface area contributed by atoms with Crippen molar-refractivity contribution < 1.29 is 19.4 Å². The van der Waals surface area contributed by atoms with E-state index >= 15 is 0 Å². The van der Waals surface area contributed by atoms with Gasteiger partial charge in [0.25, 0.3) is 0 Å². The van der Waals surface area contributed by atoms with Gasteiger partial charge in [0.2, 0.25) is 0 Å². The molecule has 0 amide bonds. The maximum absolute atomic E-state index is 12.8. The summed E-state index contributed by atoms with van der Waals surface area (Å²) in [7, 11) is 1.74. The first kappa shape index (κ1) is 24.7. The van der Waals surface area contributed by atoms with Gasteiger partial charge in [-0.05, 0) is 41.3 Å². The number of ether oxygens (including phenoxy) is 2. The number of hydrogen-bond acceptors (Lipinski definition) is 5. The minimum absolute atomic E-state index is 0.0877. The van der Waals surface area contributed by atoms with Gasteiger partial charge >= 0.3 is 6.09 Å². The van der Waals surface area contributed by atoms with Crippen LogP contribution in [0.5, 0.6) is 0 Å². The van der Waals surface area contributed by atoms with Crippen LogP contribution >= 0.6 is 0 Å². The molecule has 1 aromatic heterocycles. The number of methoxy groups -OCH3 is 1. The lowest BCUT2D eigenvalue weighted by molar-refractivity contribution is 0.0541. The maximum atomic E-state index is 12.8. The number of anilines is 1. The molecule has 1 unspecified atom stereocenters. The second-order valence-corrected chi connectivity index (χ2v) is 10.1. The van der Waals surface area contributed by atoms with Gasteiger partial charge in [0, 0.05) is 43.9 Å². The highest BCUT2D eigenvalue weighted by Gasteiger charge is 2.40. The van der Waals surface area contributed by atoms with Crippen LogP contribution in [-0.4, -0.2) is 66.7 Å². The summed E-state index contributed by atoms with van der Waals surface area (Å²) in [6.45, 7) is 4.45. The van der Waals surface area contributed by atoms with E-state index in [-0.39, 0.29) is 12.1 Å². The standard InChI is InChI=1S/C31H33N3O4/c1-37-21-25-19-27-26-9-5-6-10-28(26)34(31(35)36)30(27)29(33(25)20-22-7-3-2-4-8-22)23-11-13-24(14-12-23)32-15-17-38-18-16-32/h2-14,25,29H,15-21H2,1H3,(H,35,36)/t25-,29?/m1/s1. The second-order valence-electron chi connectivity index (χ2n) is 10.1. The molecule has 1 N–H and O–H groups in total. The SMILES string of the molecule is COC[C@H]1Cc2c(n(C(=O)O)c3ccccc23)C(c2ccc(N3CCOCC3)cc2)N1Cc1ccccc1. The first-order valence-electron chi connectivity index (χ1n) is 13.2. The number of rotatable bonds is 6. The summed E-state index contributed by atoms with van der Waals surface area (Å²) in [6, 6.07) is 26.7. The molecule has 0 aliphatic carbocycles. The van der Waals surface area contributed by atoms with Crippen LogP contribution in [0.15, 0.2) is 78.9 Å². The fourth-order valence-corrected chi connectivity index (χ4v) is 6.16. The van der Waals surface area contributed by atoms with Crippen molar-refractivity contribution in [2.75, 3.05) is 44.9 Å². The highest BCUT2D eigenvalue weighted by molar-refractivity contribution is 5.94. The lowest BCUT2D eigenvalue weighted by Crippen LogP contribution is -2.47. The molecule has 7 nitrogen and oxygen atoms in total. The molecule has 2 aliphatic heterocycles. The molecule has 0 spiro atoms. The molecule has 2 aliphatic rings. The molecule has 0 bridgehead atoms. The lowest BCUT2D eigenvalue weighted by Gasteiger charge is -2.43. The maximum Gasteiger partial charge on any atom is 0.416 e. The van der Waals surface area contributed by atoms with Crippen LogP contribution in [0.4, 0.5) is 10.5 Å². The number of benzene rings is 3. The van der Waals surface area contributed by atoms with Crippen LogP contribution < -0.4 is 4.90 Å². The van der Waals surface area contributed by atoms with Crippen molar-refractivity contribution in [3.05, 3.63) is 101 Å². The van der Waals surface area contributed by atoms with Crippen molar-refractivity contribution in [2.24, 2.45) is 0 Å². The van der Waals surface area contributed by atoms with E-state index in [2.05, 4.69) is 58.3 Å². The van der Waals surface area contributed by atoms with Gasteiger partial charge in [0.05, 0.1) is 37.1 Å². The Morgan fingerprint density at radius 1 is 0.974 bits per heavy atom. The van der Waals surface area contributed by atoms with E-state index in [1.165, 1.54) is 10.1 Å². The van der Waals surface area contributed by atoms with Gasteiger partial charge in [-0.1, -0.05) is 60.7 Å². The van der Waals surface area contributed by atoms with E-state index in [9.17, 15) is 9.90 Å². The molecule has 38 heavy (non-hydrogen) atoms. The van der Waals surface area contributed by atoms with Crippen molar-refractivity contribution in [2.45, 2.75) is 25.0 Å². The molecule has 0 saturated carbocycles. The molecule has 7 heteroatoms. The largest absolute Gasteiger partial charge is 0.464 e. The van der Waals surface area contributed by atoms with Gasteiger partial charge < -0.3 is 19.5 Å². The molecule has 1 fully saturated rings. The van der Waals surface area contributed by atoms with Crippen LogP contribution in [0.2, 0.25) is 0 Å². The Labute approximate surface area is 222 Å². The average Bonchev–Trinajstić information content (AvgIpc) is 3.29. The third kappa shape index (κ3) is 4.47. The Hall–Kier alpha value is -3.65. The molecule has 3 aromatic carbocycles. The van der Waals surface area contributed by atoms with Gasteiger partial charge in [-0.15, -0.1) is 0 Å². The molecular weight excluding hydrogens is 478 g/mol. The number of aromatic nitrogens is 1. The first-order chi connectivity index (χ1) is 18.7. The van der Waals surface area contributed by atoms with E-state index in [4.69, 9.17) is 9.47 Å². The molecule has 0 radical (unpaired) electrons. The summed E-state index contributed by atoms with van der Waals surface area (Å²) in [5.74, 6) is 0. The van der Waals surface area contributed by atoms with E-state index < -0.39 is 6.09 Å². The number of morpholine rings is 1. The Balaban J connectivity index is 1.52. The summed E-state index contributed by atoms with van der Waals surface area (Å²) in [5, 5.41) is 11.5. The van der Waals surface area contributed by atoms with E-state index in [0.717, 1.165) is 66.1 Å². The number of para-hydroxylation sites is 1. The monoisotopic (exact) mass is 511 g/mol. The zero-order valence-electron chi connectivity index (χ0n) is 21.6. The Morgan fingerprint density at radius 2 is 1.68 bits per heavy atom. The topological polar surface area (TPSA) is 67.2 Å². The molecule has 1 saturated heterocycles. The summed E-state index contributed by atoms with van der Waals surface area (Å²) in [6.07, 6.45) is -0.235. The van der Waals surface area contributed by atoms with Crippen molar-refractivity contribution >= 4 is 22.7 Å². The minimum atomic E-state index is -0.956. The Morgan fingerprint density at radius 3 is 2.39 bits per heavy atom. The summed E-state index contributed by atoms with van der Waals surface area (Å²) in [4.78, 5) is 17.5. The predicted octanol–water partition coefficient (Wildman–Crippen LogP) is 5.17. The summed E-state index contributed by atoms with van der Waals surface area (Å²) < 4.78 is 12.8. The highest BCUT2D eigenvalue weighted by Crippen LogP contribution is 2.44. The van der Waals surface area contributed by atoms with Crippen molar-refractivity contribution in [3.8, 4) is 0 Å². The van der Waals surface area contributed by atoms with Crippen LogP contribution in [0, 0.1) is 0 Å². The van der Waals surface area contributed by atoms with Crippen LogP contribution in [0.3, 0.4) is 0 Å². The van der Waals surface area contributed by atoms with Crippen molar-refractivity contribution in [1.29, 1.82) is 0 Å². The number of nitrogens with zero attached hydrogens (tertiary/aromatic N) is 3. The third-order valence-corrected chi connectivity index (χ3v) is 7.86. The molecule has 6 rings (SSSR count). The Bertz CT molecular complexity index is 1410. The smallest absolute Gasteiger partial charge is 0.416 e. The average molecular weight is 512 g/mol. The molecular formula is C31H33N3O4. The van der Waals surface area contributed by atoms with Gasteiger partial charge in [0.1, 0.15) is 0 Å². The van der Waals surface area contributed by atoms with Gasteiger partial charge in [0.15, 0.2) is 0 Å². The van der Waals surface area contributed by atoms with Crippen molar-refractivity contribution in [3.63, 3.8) is 0 Å². The fourth-order valence-electron chi connectivity index (χ4n) is 6.16. The number of carbonyl (C=O) groups is 1. The minimum Gasteiger partial charge on any atom is -0.464 e. The molecule has 3 heterocycles. The molecule has 196 valence electrons. The van der Waals surface area contributed by atoms with Gasteiger partial charge in [-0.2, -0.15) is 0 Å². The third-order valence-electron chi connectivity index (χ3n) is 7.86. The van der Waals surface area contributed by atoms with Crippen LogP contribution in [0.1, 0.15) is 28.4 Å². The zero-order valence-corrected chi connectivity index (χ0v) is 21.6. The van der Waals surface area contributed by atoms with E-state index in [1.54, 1.807) is 7.11 Å². The van der Waals surface area contributed by atoms with Gasteiger partial charge in [-0.25, -0.2) is 9.36 Å². The number of fused-ring (bicyclic) bond motifs is 3. The molecule has 2 atom stereocenters. The van der Waals surface area contributed by atoms with E-state index in [0.29, 0.717) is 13.2 Å². The van der Waals surface area contributed by atoms with Crippen LogP contribution in [-0.2, 0) is 22.4 Å². The summed E-state index contributed by atoms with van der Waals surface area (Å²) in [5.41, 5.74) is 6.08. The number of carboxylic acid groups (broad SMARTS) is 1. The van der Waals surface area contributed by atoms with Crippen molar-refractivity contribution in [1.82, 2.24) is 9.47 Å². The first-order valence-corrected chi connectivity index (χ1v) is 13.2. The zero-order chi connectivity index (χ0) is 26.1. The van der Waals surface area contributed by atoms with Crippen LogP contribution in [0.25, 0.3) is 10.9 Å².